The van der Waals surface area contributed by atoms with Crippen LogP contribution in [0.1, 0.15) is 37.3 Å². The van der Waals surface area contributed by atoms with Crippen LogP contribution >= 0.6 is 0 Å². The molecule has 0 amide bonds. The van der Waals surface area contributed by atoms with Crippen LogP contribution in [0.15, 0.2) is 42.9 Å². The molecule has 3 heterocycles. The monoisotopic (exact) mass is 404 g/mol. The Balaban J connectivity index is 1.27. The number of aryl methyl sites for hydroxylation is 1. The quantitative estimate of drug-likeness (QED) is 0.503. The van der Waals surface area contributed by atoms with Crippen molar-refractivity contribution in [2.75, 3.05) is 18.1 Å². The Morgan fingerprint density at radius 3 is 2.97 bits per heavy atom. The van der Waals surface area contributed by atoms with Gasteiger partial charge in [0.05, 0.1) is 10.9 Å². The molecule has 5 rings (SSSR count). The number of nitrogen functional groups attached to an aromatic ring is 1. The predicted octanol–water partition coefficient (Wildman–Crippen LogP) is 4.72. The lowest BCUT2D eigenvalue weighted by Gasteiger charge is -2.14. The second-order valence-corrected chi connectivity index (χ2v) is 8.19. The molecule has 3 aromatic heterocycles. The Bertz CT molecular complexity index is 1220. The van der Waals surface area contributed by atoms with Crippen LogP contribution in [0.2, 0.25) is 0 Å². The summed E-state index contributed by atoms with van der Waals surface area (Å²) in [7, 11) is 1.69. The summed E-state index contributed by atoms with van der Waals surface area (Å²) in [6.07, 6.45) is 9.29. The van der Waals surface area contributed by atoms with Gasteiger partial charge in [-0.2, -0.15) is 0 Å². The van der Waals surface area contributed by atoms with Crippen LogP contribution in [0.25, 0.3) is 21.9 Å². The maximum absolute atomic E-state index is 13.9. The molecule has 0 bridgehead atoms. The number of hydrogen-bond acceptors (Lipinski definition) is 5. The average Bonchev–Trinajstić information content (AvgIpc) is 3.39. The predicted molar refractivity (Wildman–Crippen MR) is 118 cm³/mol. The maximum atomic E-state index is 13.9. The summed E-state index contributed by atoms with van der Waals surface area (Å²) in [4.78, 5) is 12.9. The Morgan fingerprint density at radius 1 is 1.20 bits per heavy atom. The van der Waals surface area contributed by atoms with Crippen LogP contribution in [0.3, 0.4) is 0 Å². The molecule has 1 fully saturated rings. The average molecular weight is 404 g/mol. The van der Waals surface area contributed by atoms with Gasteiger partial charge in [0.2, 0.25) is 0 Å². The molecule has 0 saturated heterocycles. The first kappa shape index (κ1) is 18.8. The molecular weight excluding hydrogens is 379 g/mol. The number of halogens is 1. The molecule has 1 saturated carbocycles. The van der Waals surface area contributed by atoms with Crippen molar-refractivity contribution < 1.29 is 4.39 Å². The highest BCUT2D eigenvalue weighted by molar-refractivity contribution is 5.86. The molecular formula is C23H25FN6. The van der Waals surface area contributed by atoms with Crippen LogP contribution in [-0.4, -0.2) is 26.6 Å². The standard InChI is InChI=1S/C23H25FN6/c1-26-22-19(24)12-16-6-4-15(11-20(16)29-22)3-2-14-5-7-17(10-14)30-9-8-18-21(25)27-13-28-23(18)30/h4,6,8-9,11-14,17H,2-3,5,7,10H2,1H3,(H,26,29)(H2,25,27,28). The van der Waals surface area contributed by atoms with E-state index in [1.165, 1.54) is 18.1 Å². The minimum Gasteiger partial charge on any atom is -0.383 e. The molecule has 3 N–H and O–H groups in total. The van der Waals surface area contributed by atoms with E-state index in [0.717, 1.165) is 47.6 Å². The van der Waals surface area contributed by atoms with Crippen LogP contribution in [0, 0.1) is 11.7 Å². The van der Waals surface area contributed by atoms with E-state index < -0.39 is 0 Å². The highest BCUT2D eigenvalue weighted by Gasteiger charge is 2.27. The van der Waals surface area contributed by atoms with Gasteiger partial charge in [-0.05, 0) is 61.8 Å². The van der Waals surface area contributed by atoms with Gasteiger partial charge in [0, 0.05) is 24.7 Å². The first-order valence-electron chi connectivity index (χ1n) is 10.5. The summed E-state index contributed by atoms with van der Waals surface area (Å²) in [6, 6.07) is 10.2. The largest absolute Gasteiger partial charge is 0.383 e. The molecule has 0 aliphatic heterocycles. The highest BCUT2D eigenvalue weighted by atomic mass is 19.1. The molecule has 1 aliphatic carbocycles. The summed E-state index contributed by atoms with van der Waals surface area (Å²) in [5.74, 6) is 1.19. The van der Waals surface area contributed by atoms with E-state index in [1.807, 2.05) is 12.1 Å². The van der Waals surface area contributed by atoms with E-state index in [2.05, 4.69) is 43.2 Å². The summed E-state index contributed by atoms with van der Waals surface area (Å²) in [5.41, 5.74) is 8.99. The number of nitrogens with two attached hydrogens (primary N) is 1. The fourth-order valence-corrected chi connectivity index (χ4v) is 4.74. The topological polar surface area (TPSA) is 81.7 Å². The molecule has 30 heavy (non-hydrogen) atoms. The smallest absolute Gasteiger partial charge is 0.166 e. The van der Waals surface area contributed by atoms with Crippen LogP contribution in [-0.2, 0) is 6.42 Å². The summed E-state index contributed by atoms with van der Waals surface area (Å²) in [6.45, 7) is 0. The highest BCUT2D eigenvalue weighted by Crippen LogP contribution is 2.39. The second kappa shape index (κ2) is 7.55. The molecule has 154 valence electrons. The molecule has 1 aromatic carbocycles. The third kappa shape index (κ3) is 3.34. The zero-order valence-electron chi connectivity index (χ0n) is 17.0. The summed E-state index contributed by atoms with van der Waals surface area (Å²) >= 11 is 0. The zero-order chi connectivity index (χ0) is 20.7. The Kier molecular flexibility index (Phi) is 4.73. The maximum Gasteiger partial charge on any atom is 0.166 e. The number of benzene rings is 1. The first-order valence-corrected chi connectivity index (χ1v) is 10.5. The van der Waals surface area contributed by atoms with E-state index in [1.54, 1.807) is 13.4 Å². The van der Waals surface area contributed by atoms with Crippen molar-refractivity contribution in [3.8, 4) is 0 Å². The number of nitrogens with zero attached hydrogens (tertiary/aromatic N) is 4. The van der Waals surface area contributed by atoms with E-state index >= 15 is 0 Å². The van der Waals surface area contributed by atoms with Gasteiger partial charge >= 0.3 is 0 Å². The second-order valence-electron chi connectivity index (χ2n) is 8.19. The molecule has 1 aliphatic rings. The number of hydrogen-bond donors (Lipinski definition) is 2. The van der Waals surface area contributed by atoms with E-state index in [4.69, 9.17) is 5.73 Å². The number of nitrogens with one attached hydrogen (secondary N) is 1. The van der Waals surface area contributed by atoms with Gasteiger partial charge in [0.1, 0.15) is 17.8 Å². The molecule has 4 aromatic rings. The van der Waals surface area contributed by atoms with Crippen molar-refractivity contribution in [1.29, 1.82) is 0 Å². The van der Waals surface area contributed by atoms with Crippen LogP contribution < -0.4 is 11.1 Å². The number of aromatic nitrogens is 4. The minimum atomic E-state index is -0.320. The van der Waals surface area contributed by atoms with Crippen LogP contribution in [0.4, 0.5) is 16.0 Å². The third-order valence-electron chi connectivity index (χ3n) is 6.36. The van der Waals surface area contributed by atoms with Crippen molar-refractivity contribution >= 4 is 33.6 Å². The molecule has 0 spiro atoms. The molecule has 7 heteroatoms. The van der Waals surface area contributed by atoms with E-state index in [9.17, 15) is 4.39 Å². The SMILES string of the molecule is CNc1nc2cc(CCC3CCC(n4ccc5c(N)ncnc54)C3)ccc2cc1F. The van der Waals surface area contributed by atoms with Gasteiger partial charge < -0.3 is 15.6 Å². The number of anilines is 2. The van der Waals surface area contributed by atoms with Crippen molar-refractivity contribution in [1.82, 2.24) is 19.5 Å². The van der Waals surface area contributed by atoms with Crippen LogP contribution in [0.5, 0.6) is 0 Å². The van der Waals surface area contributed by atoms with E-state index in [-0.39, 0.29) is 5.82 Å². The Morgan fingerprint density at radius 2 is 2.10 bits per heavy atom. The van der Waals surface area contributed by atoms with E-state index in [0.29, 0.717) is 23.6 Å². The summed E-state index contributed by atoms with van der Waals surface area (Å²) in [5, 5.41) is 4.58. The van der Waals surface area contributed by atoms with Gasteiger partial charge in [-0.1, -0.05) is 12.1 Å². The Hall–Kier alpha value is -3.22. The molecule has 6 nitrogen and oxygen atoms in total. The lowest BCUT2D eigenvalue weighted by Crippen LogP contribution is -2.06. The molecule has 0 radical (unpaired) electrons. The lowest BCUT2D eigenvalue weighted by molar-refractivity contribution is 0.461. The third-order valence-corrected chi connectivity index (χ3v) is 6.36. The Labute approximate surface area is 174 Å². The van der Waals surface area contributed by atoms with Gasteiger partial charge in [-0.15, -0.1) is 0 Å². The number of fused-ring (bicyclic) bond motifs is 2. The van der Waals surface area contributed by atoms with Crippen molar-refractivity contribution in [2.24, 2.45) is 5.92 Å². The fourth-order valence-electron chi connectivity index (χ4n) is 4.74. The van der Waals surface area contributed by atoms with Crippen molar-refractivity contribution in [2.45, 2.75) is 38.1 Å². The van der Waals surface area contributed by atoms with Gasteiger partial charge in [-0.25, -0.2) is 19.3 Å². The van der Waals surface area contributed by atoms with Crippen molar-refractivity contribution in [3.63, 3.8) is 0 Å². The van der Waals surface area contributed by atoms with Gasteiger partial charge in [-0.3, -0.25) is 0 Å². The minimum absolute atomic E-state index is 0.293. The van der Waals surface area contributed by atoms with Gasteiger partial charge in [0.25, 0.3) is 0 Å². The van der Waals surface area contributed by atoms with Crippen molar-refractivity contribution in [3.05, 3.63) is 54.2 Å². The normalized spacial score (nSPS) is 19.0. The van der Waals surface area contributed by atoms with Gasteiger partial charge in [0.15, 0.2) is 11.6 Å². The number of rotatable bonds is 5. The first-order chi connectivity index (χ1) is 14.6. The number of pyridine rings is 1. The lowest BCUT2D eigenvalue weighted by atomic mass is 9.97. The summed E-state index contributed by atoms with van der Waals surface area (Å²) < 4.78 is 16.2. The molecule has 2 unspecified atom stereocenters. The fraction of sp³-hybridized carbons (Fsp3) is 0.348. The molecule has 2 atom stereocenters. The zero-order valence-corrected chi connectivity index (χ0v) is 17.0.